The number of benzene rings is 1. The number of carbonyl (C=O) groups excluding carboxylic acids is 2. The van der Waals surface area contributed by atoms with Gasteiger partial charge < -0.3 is 26.6 Å². The van der Waals surface area contributed by atoms with Gasteiger partial charge in [0.15, 0.2) is 0 Å². The number of amides is 2. The molecule has 170 valence electrons. The molecule has 0 bridgehead atoms. The van der Waals surface area contributed by atoms with Crippen molar-refractivity contribution in [1.82, 2.24) is 10.6 Å². The summed E-state index contributed by atoms with van der Waals surface area (Å²) < 4.78 is 0. The molecule has 2 amide bonds. The van der Waals surface area contributed by atoms with Gasteiger partial charge in [-0.05, 0) is 91.9 Å². The lowest BCUT2D eigenvalue weighted by Gasteiger charge is -2.51. The average molecular weight is 430 g/mol. The zero-order valence-corrected chi connectivity index (χ0v) is 18.4. The Morgan fingerprint density at radius 3 is 2.71 bits per heavy atom. The maximum atomic E-state index is 12.8. The minimum Gasteiger partial charge on any atom is -0.508 e. The molecule has 0 aliphatic heterocycles. The van der Waals surface area contributed by atoms with Gasteiger partial charge in [-0.2, -0.15) is 0 Å². The minimum absolute atomic E-state index is 0.0103. The highest BCUT2D eigenvalue weighted by molar-refractivity contribution is 5.89. The third-order valence-electron chi connectivity index (χ3n) is 8.26. The number of aliphatic hydroxyl groups excluding tert-OH is 1. The van der Waals surface area contributed by atoms with Crippen LogP contribution in [0.15, 0.2) is 18.2 Å². The second-order valence-electron chi connectivity index (χ2n) is 10.0. The Bertz CT molecular complexity index is 857. The lowest BCUT2D eigenvalue weighted by molar-refractivity contribution is -0.131. The quantitative estimate of drug-likeness (QED) is 0.486. The van der Waals surface area contributed by atoms with Gasteiger partial charge in [-0.25, -0.2) is 0 Å². The van der Waals surface area contributed by atoms with E-state index in [1.165, 1.54) is 11.1 Å². The van der Waals surface area contributed by atoms with Gasteiger partial charge in [-0.3, -0.25) is 9.59 Å². The number of aliphatic hydroxyl groups is 1. The molecular formula is C24H35N3O4. The van der Waals surface area contributed by atoms with E-state index < -0.39 is 24.6 Å². The molecule has 1 aromatic carbocycles. The highest BCUT2D eigenvalue weighted by atomic mass is 16.3. The van der Waals surface area contributed by atoms with E-state index in [-0.39, 0.29) is 17.4 Å². The van der Waals surface area contributed by atoms with Crippen LogP contribution in [0.25, 0.3) is 0 Å². The first kappa shape index (κ1) is 22.1. The number of hydrogen-bond acceptors (Lipinski definition) is 5. The van der Waals surface area contributed by atoms with Gasteiger partial charge in [-0.15, -0.1) is 0 Å². The molecule has 7 nitrogen and oxygen atoms in total. The van der Waals surface area contributed by atoms with E-state index in [1.807, 2.05) is 6.07 Å². The van der Waals surface area contributed by atoms with Crippen molar-refractivity contribution in [2.45, 2.75) is 76.4 Å². The normalized spacial score (nSPS) is 33.4. The van der Waals surface area contributed by atoms with Gasteiger partial charge in [0.1, 0.15) is 11.8 Å². The Morgan fingerprint density at radius 2 is 2.00 bits per heavy atom. The van der Waals surface area contributed by atoms with Crippen molar-refractivity contribution < 1.29 is 19.8 Å². The molecule has 31 heavy (non-hydrogen) atoms. The third kappa shape index (κ3) is 3.94. The molecule has 3 aliphatic rings. The van der Waals surface area contributed by atoms with Crippen molar-refractivity contribution in [1.29, 1.82) is 0 Å². The number of rotatable bonds is 5. The topological polar surface area (TPSA) is 125 Å². The molecule has 0 radical (unpaired) electrons. The van der Waals surface area contributed by atoms with E-state index >= 15 is 0 Å². The van der Waals surface area contributed by atoms with Gasteiger partial charge in [0, 0.05) is 6.04 Å². The molecule has 0 heterocycles. The molecule has 7 heteroatoms. The fourth-order valence-corrected chi connectivity index (χ4v) is 6.58. The Kier molecular flexibility index (Phi) is 6.01. The van der Waals surface area contributed by atoms with Gasteiger partial charge >= 0.3 is 0 Å². The number of fused-ring (bicyclic) bond motifs is 5. The Morgan fingerprint density at radius 1 is 1.23 bits per heavy atom. The number of aryl methyl sites for hydroxylation is 1. The van der Waals surface area contributed by atoms with Crippen LogP contribution in [-0.2, 0) is 16.0 Å². The van der Waals surface area contributed by atoms with Crippen LogP contribution in [-0.4, -0.2) is 46.8 Å². The molecule has 0 unspecified atom stereocenters. The van der Waals surface area contributed by atoms with Crippen LogP contribution >= 0.6 is 0 Å². The molecule has 4 rings (SSSR count). The molecule has 0 aromatic heterocycles. The largest absolute Gasteiger partial charge is 0.508 e. The molecule has 0 spiro atoms. The number of phenols is 1. The van der Waals surface area contributed by atoms with Gasteiger partial charge in [0.05, 0.1) is 12.6 Å². The zero-order chi connectivity index (χ0) is 22.3. The molecule has 7 atom stereocenters. The zero-order valence-electron chi connectivity index (χ0n) is 18.4. The summed E-state index contributed by atoms with van der Waals surface area (Å²) >= 11 is 0. The van der Waals surface area contributed by atoms with E-state index in [9.17, 15) is 19.8 Å². The second-order valence-corrected chi connectivity index (χ2v) is 10.0. The Balaban J connectivity index is 1.47. The average Bonchev–Trinajstić information content (AvgIpc) is 3.07. The first-order valence-electron chi connectivity index (χ1n) is 11.5. The molecular weight excluding hydrogens is 394 g/mol. The highest BCUT2D eigenvalue weighted by Crippen LogP contribution is 2.60. The summed E-state index contributed by atoms with van der Waals surface area (Å²) in [7, 11) is 0. The summed E-state index contributed by atoms with van der Waals surface area (Å²) in [5.41, 5.74) is 8.26. The third-order valence-corrected chi connectivity index (χ3v) is 8.26. The fraction of sp³-hybridized carbons (Fsp3) is 0.667. The maximum Gasteiger partial charge on any atom is 0.245 e. The molecule has 2 saturated carbocycles. The van der Waals surface area contributed by atoms with Crippen LogP contribution in [0.2, 0.25) is 0 Å². The van der Waals surface area contributed by atoms with Crippen LogP contribution < -0.4 is 16.4 Å². The van der Waals surface area contributed by atoms with Gasteiger partial charge in [0.25, 0.3) is 0 Å². The van der Waals surface area contributed by atoms with Crippen LogP contribution in [0.4, 0.5) is 0 Å². The van der Waals surface area contributed by atoms with Crippen molar-refractivity contribution >= 4 is 11.8 Å². The number of nitrogens with two attached hydrogens (primary N) is 1. The smallest absolute Gasteiger partial charge is 0.245 e. The Labute approximate surface area is 183 Å². The number of carbonyl (C=O) groups is 2. The number of hydrogen-bond donors (Lipinski definition) is 5. The van der Waals surface area contributed by atoms with E-state index in [1.54, 1.807) is 13.0 Å². The van der Waals surface area contributed by atoms with Gasteiger partial charge in [-0.1, -0.05) is 13.0 Å². The Hall–Kier alpha value is -2.12. The molecule has 6 N–H and O–H groups in total. The van der Waals surface area contributed by atoms with E-state index in [0.717, 1.165) is 38.5 Å². The summed E-state index contributed by atoms with van der Waals surface area (Å²) in [6.45, 7) is 3.39. The standard InChI is InChI=1S/C24H35N3O4/c1-13(25)22(30)26-20(12-28)23(31)27-21-8-7-19-18-5-3-14-11-15(29)4-6-16(14)17(18)9-10-24(19,21)2/h4,6,11,13,17-21,28-29H,3,5,7-10,12,25H2,1-2H3,(H,26,30)(H,27,31)/t13-,17+,18+,19-,20-,21-,24-/m0/s1. The van der Waals surface area contributed by atoms with Crippen molar-refractivity contribution in [2.75, 3.05) is 6.61 Å². The van der Waals surface area contributed by atoms with E-state index in [0.29, 0.717) is 23.5 Å². The lowest BCUT2D eigenvalue weighted by Crippen LogP contribution is -2.57. The summed E-state index contributed by atoms with van der Waals surface area (Å²) in [5, 5.41) is 25.2. The summed E-state index contributed by atoms with van der Waals surface area (Å²) in [4.78, 5) is 24.7. The lowest BCUT2D eigenvalue weighted by atomic mass is 9.55. The monoisotopic (exact) mass is 429 g/mol. The number of nitrogens with one attached hydrogen (secondary N) is 2. The molecule has 1 aromatic rings. The van der Waals surface area contributed by atoms with E-state index in [4.69, 9.17) is 5.73 Å². The van der Waals surface area contributed by atoms with Crippen molar-refractivity contribution in [3.8, 4) is 5.75 Å². The van der Waals surface area contributed by atoms with Crippen LogP contribution in [0.5, 0.6) is 5.75 Å². The molecule has 2 fully saturated rings. The van der Waals surface area contributed by atoms with Crippen molar-refractivity contribution in [3.63, 3.8) is 0 Å². The summed E-state index contributed by atoms with van der Waals surface area (Å²) in [6.07, 6.45) is 6.20. The maximum absolute atomic E-state index is 12.8. The molecule has 3 aliphatic carbocycles. The predicted molar refractivity (Wildman–Crippen MR) is 117 cm³/mol. The fourth-order valence-electron chi connectivity index (χ4n) is 6.58. The first-order valence-corrected chi connectivity index (χ1v) is 11.5. The second kappa shape index (κ2) is 8.43. The first-order chi connectivity index (χ1) is 14.7. The summed E-state index contributed by atoms with van der Waals surface area (Å²) in [6, 6.07) is 4.15. The minimum atomic E-state index is -0.980. The van der Waals surface area contributed by atoms with Crippen molar-refractivity contribution in [2.24, 2.45) is 23.0 Å². The van der Waals surface area contributed by atoms with Crippen LogP contribution in [0.3, 0.4) is 0 Å². The number of phenolic OH excluding ortho intramolecular Hbond substituents is 1. The number of aromatic hydroxyl groups is 1. The van der Waals surface area contributed by atoms with Gasteiger partial charge in [0.2, 0.25) is 11.8 Å². The van der Waals surface area contributed by atoms with Crippen molar-refractivity contribution in [3.05, 3.63) is 29.3 Å². The van der Waals surface area contributed by atoms with Crippen LogP contribution in [0, 0.1) is 17.3 Å². The predicted octanol–water partition coefficient (Wildman–Crippen LogP) is 1.56. The van der Waals surface area contributed by atoms with Crippen LogP contribution in [0.1, 0.15) is 63.0 Å². The highest BCUT2D eigenvalue weighted by Gasteiger charge is 2.55. The summed E-state index contributed by atoms with van der Waals surface area (Å²) in [5.74, 6) is 1.20. The SMILES string of the molecule is C[C@H](N)C(=O)N[C@@H](CO)C(=O)N[C@H]1CC[C@H]2[C@@H]3CCc4cc(O)ccc4[C@H]3CC[C@]12C. The van der Waals surface area contributed by atoms with E-state index in [2.05, 4.69) is 23.6 Å². The molecule has 0 saturated heterocycles.